The average molecular weight is 473 g/mol. The van der Waals surface area contributed by atoms with Crippen LogP contribution in [0, 0.1) is 11.8 Å². The van der Waals surface area contributed by atoms with E-state index in [0.717, 1.165) is 43.0 Å². The molecule has 1 heterocycles. The van der Waals surface area contributed by atoms with E-state index in [1.807, 2.05) is 42.2 Å². The van der Waals surface area contributed by atoms with Crippen molar-refractivity contribution in [2.24, 2.45) is 11.8 Å². The molecule has 32 heavy (non-hydrogen) atoms. The lowest BCUT2D eigenvalue weighted by Crippen LogP contribution is -2.38. The summed E-state index contributed by atoms with van der Waals surface area (Å²) in [5, 5.41) is 0. The molecule has 4 rings (SSSR count). The van der Waals surface area contributed by atoms with Crippen molar-refractivity contribution in [3.8, 4) is 0 Å². The van der Waals surface area contributed by atoms with Crippen molar-refractivity contribution in [2.75, 3.05) is 13.1 Å². The molecule has 0 unspecified atom stereocenters. The Balaban J connectivity index is 1.31. The van der Waals surface area contributed by atoms with Crippen LogP contribution in [0.15, 0.2) is 53.4 Å². The highest BCUT2D eigenvalue weighted by Crippen LogP contribution is 2.30. The van der Waals surface area contributed by atoms with Gasteiger partial charge in [0.2, 0.25) is 15.9 Å². The van der Waals surface area contributed by atoms with Gasteiger partial charge in [-0.25, -0.2) is 13.1 Å². The Morgan fingerprint density at radius 3 is 2.53 bits per heavy atom. The van der Waals surface area contributed by atoms with E-state index >= 15 is 0 Å². The molecule has 0 spiro atoms. The van der Waals surface area contributed by atoms with Crippen molar-refractivity contribution in [3.05, 3.63) is 54.1 Å². The SMILES string of the molecule is CCN(Cc1ccccc1)C(=O)C1CCC(CNS(=O)(=O)c2cccc3nsnc23)CC1. The lowest BCUT2D eigenvalue weighted by molar-refractivity contribution is -0.137. The summed E-state index contributed by atoms with van der Waals surface area (Å²) < 4.78 is 36.7. The molecule has 0 atom stereocenters. The summed E-state index contributed by atoms with van der Waals surface area (Å²) in [7, 11) is -3.66. The molecule has 3 aromatic rings. The van der Waals surface area contributed by atoms with Gasteiger partial charge in [0.15, 0.2) is 0 Å². The zero-order valence-corrected chi connectivity index (χ0v) is 19.7. The number of fused-ring (bicyclic) bond motifs is 1. The standard InChI is InChI=1S/C23H28N4O3S2/c1-2-27(16-18-7-4-3-5-8-18)23(28)19-13-11-17(12-14-19)15-24-32(29,30)21-10-6-9-20-22(21)26-31-25-20/h3-10,17,19,24H,2,11-16H2,1H3. The number of carbonyl (C=O) groups excluding carboxylic acids is 1. The van der Waals surface area contributed by atoms with Gasteiger partial charge in [0, 0.05) is 25.6 Å². The van der Waals surface area contributed by atoms with E-state index in [2.05, 4.69) is 13.5 Å². The zero-order chi connectivity index (χ0) is 22.6. The fourth-order valence-electron chi connectivity index (χ4n) is 4.32. The number of hydrogen-bond acceptors (Lipinski definition) is 6. The number of carbonyl (C=O) groups is 1. The first-order valence-electron chi connectivity index (χ1n) is 11.0. The third-order valence-electron chi connectivity index (χ3n) is 6.21. The summed E-state index contributed by atoms with van der Waals surface area (Å²) >= 11 is 1.01. The van der Waals surface area contributed by atoms with Crippen molar-refractivity contribution >= 4 is 38.7 Å². The van der Waals surface area contributed by atoms with Gasteiger partial charge >= 0.3 is 0 Å². The van der Waals surface area contributed by atoms with Crippen LogP contribution in [0.25, 0.3) is 11.0 Å². The molecule has 1 N–H and O–H groups in total. The average Bonchev–Trinajstić information content (AvgIpc) is 3.31. The maximum Gasteiger partial charge on any atom is 0.242 e. The number of nitrogens with one attached hydrogen (secondary N) is 1. The molecule has 1 aromatic heterocycles. The van der Waals surface area contributed by atoms with Crippen LogP contribution in [0.3, 0.4) is 0 Å². The summed E-state index contributed by atoms with van der Waals surface area (Å²) in [4.78, 5) is 15.1. The van der Waals surface area contributed by atoms with Gasteiger partial charge in [0.25, 0.3) is 0 Å². The smallest absolute Gasteiger partial charge is 0.242 e. The first-order valence-corrected chi connectivity index (χ1v) is 13.2. The third-order valence-corrected chi connectivity index (χ3v) is 8.20. The Kier molecular flexibility index (Phi) is 7.17. The minimum atomic E-state index is -3.66. The van der Waals surface area contributed by atoms with Crippen LogP contribution in [-0.2, 0) is 21.4 Å². The molecular weight excluding hydrogens is 444 g/mol. The van der Waals surface area contributed by atoms with Gasteiger partial charge in [0.05, 0.1) is 11.7 Å². The maximum atomic E-state index is 13.0. The largest absolute Gasteiger partial charge is 0.338 e. The van der Waals surface area contributed by atoms with Gasteiger partial charge < -0.3 is 4.90 Å². The lowest BCUT2D eigenvalue weighted by atomic mass is 9.81. The second-order valence-corrected chi connectivity index (χ2v) is 10.6. The summed E-state index contributed by atoms with van der Waals surface area (Å²) in [5.74, 6) is 0.449. The Morgan fingerprint density at radius 2 is 1.81 bits per heavy atom. The van der Waals surface area contributed by atoms with Crippen LogP contribution in [-0.4, -0.2) is 41.1 Å². The molecule has 2 aromatic carbocycles. The van der Waals surface area contributed by atoms with Gasteiger partial charge in [-0.15, -0.1) is 0 Å². The highest BCUT2D eigenvalue weighted by atomic mass is 32.2. The molecule has 9 heteroatoms. The van der Waals surface area contributed by atoms with E-state index < -0.39 is 10.0 Å². The van der Waals surface area contributed by atoms with E-state index in [1.165, 1.54) is 0 Å². The fraction of sp³-hybridized carbons (Fsp3) is 0.435. The van der Waals surface area contributed by atoms with Crippen LogP contribution in [0.2, 0.25) is 0 Å². The van der Waals surface area contributed by atoms with Crippen LogP contribution >= 0.6 is 11.7 Å². The quantitative estimate of drug-likeness (QED) is 0.538. The number of amides is 1. The van der Waals surface area contributed by atoms with Crippen LogP contribution in [0.1, 0.15) is 38.2 Å². The number of nitrogens with zero attached hydrogens (tertiary/aromatic N) is 3. The molecule has 1 amide bonds. The predicted octanol–water partition coefficient (Wildman–Crippen LogP) is 3.82. The van der Waals surface area contributed by atoms with Gasteiger partial charge in [-0.2, -0.15) is 8.75 Å². The van der Waals surface area contributed by atoms with Crippen molar-refractivity contribution in [2.45, 2.75) is 44.0 Å². The molecule has 1 fully saturated rings. The number of aromatic nitrogens is 2. The Morgan fingerprint density at radius 1 is 1.06 bits per heavy atom. The maximum absolute atomic E-state index is 13.0. The second-order valence-electron chi connectivity index (χ2n) is 8.30. The van der Waals surface area contributed by atoms with Gasteiger partial charge in [-0.05, 0) is 56.2 Å². The van der Waals surface area contributed by atoms with E-state index in [4.69, 9.17) is 0 Å². The van der Waals surface area contributed by atoms with Crippen LogP contribution < -0.4 is 4.72 Å². The molecule has 170 valence electrons. The van der Waals surface area contributed by atoms with Crippen LogP contribution in [0.5, 0.6) is 0 Å². The molecule has 1 aliphatic rings. The van der Waals surface area contributed by atoms with Crippen molar-refractivity contribution in [3.63, 3.8) is 0 Å². The molecule has 0 saturated heterocycles. The summed E-state index contributed by atoms with van der Waals surface area (Å²) in [5.41, 5.74) is 2.14. The topological polar surface area (TPSA) is 92.3 Å². The fourth-order valence-corrected chi connectivity index (χ4v) is 6.21. The number of rotatable bonds is 8. The van der Waals surface area contributed by atoms with Crippen LogP contribution in [0.4, 0.5) is 0 Å². The van der Waals surface area contributed by atoms with E-state index in [1.54, 1.807) is 18.2 Å². The first-order chi connectivity index (χ1) is 15.5. The van der Waals surface area contributed by atoms with Gasteiger partial charge in [-0.1, -0.05) is 36.4 Å². The molecular formula is C23H28N4O3S2. The molecule has 1 saturated carbocycles. The molecule has 0 aliphatic heterocycles. The minimum Gasteiger partial charge on any atom is -0.338 e. The number of hydrogen-bond donors (Lipinski definition) is 1. The van der Waals surface area contributed by atoms with Crippen molar-refractivity contribution in [1.29, 1.82) is 0 Å². The molecule has 7 nitrogen and oxygen atoms in total. The van der Waals surface area contributed by atoms with E-state index in [-0.39, 0.29) is 22.6 Å². The molecule has 0 bridgehead atoms. The molecule has 1 aliphatic carbocycles. The minimum absolute atomic E-state index is 0.0151. The Hall–Kier alpha value is -2.36. The van der Waals surface area contributed by atoms with Crippen molar-refractivity contribution < 1.29 is 13.2 Å². The van der Waals surface area contributed by atoms with E-state index in [9.17, 15) is 13.2 Å². The lowest BCUT2D eigenvalue weighted by Gasteiger charge is -2.32. The summed E-state index contributed by atoms with van der Waals surface area (Å²) in [6, 6.07) is 15.1. The van der Waals surface area contributed by atoms with Crippen molar-refractivity contribution in [1.82, 2.24) is 18.4 Å². The Bertz CT molecular complexity index is 1160. The van der Waals surface area contributed by atoms with Gasteiger partial charge in [-0.3, -0.25) is 4.79 Å². The first kappa shape index (κ1) is 22.8. The number of benzene rings is 2. The summed E-state index contributed by atoms with van der Waals surface area (Å²) in [6.07, 6.45) is 3.26. The monoisotopic (exact) mass is 472 g/mol. The number of sulfonamides is 1. The highest BCUT2D eigenvalue weighted by molar-refractivity contribution is 7.89. The Labute approximate surface area is 193 Å². The normalized spacial score (nSPS) is 19.2. The van der Waals surface area contributed by atoms with Gasteiger partial charge in [0.1, 0.15) is 15.9 Å². The van der Waals surface area contributed by atoms with E-state index in [0.29, 0.717) is 30.7 Å². The summed E-state index contributed by atoms with van der Waals surface area (Å²) in [6.45, 7) is 3.70. The zero-order valence-electron chi connectivity index (χ0n) is 18.1. The predicted molar refractivity (Wildman–Crippen MR) is 126 cm³/mol. The molecule has 0 radical (unpaired) electrons. The highest BCUT2D eigenvalue weighted by Gasteiger charge is 2.30. The third kappa shape index (κ3) is 5.16. The second kappa shape index (κ2) is 10.1.